The first-order valence-corrected chi connectivity index (χ1v) is 4.15. The molecule has 1 radical (unpaired) electrons. The third-order valence-corrected chi connectivity index (χ3v) is 1.32. The Kier molecular flexibility index (Phi) is 7.09. The van der Waals surface area contributed by atoms with E-state index >= 15 is 0 Å². The molecule has 75 valence electrons. The van der Waals surface area contributed by atoms with Gasteiger partial charge in [0.15, 0.2) is 0 Å². The third-order valence-electron chi connectivity index (χ3n) is 1.32. The summed E-state index contributed by atoms with van der Waals surface area (Å²) in [5.41, 5.74) is 0.843. The summed E-state index contributed by atoms with van der Waals surface area (Å²) < 4.78 is 0. The zero-order chi connectivity index (χ0) is 10.8. The molecular weight excluding hydrogens is 180 g/mol. The largest absolute Gasteiger partial charge is 0.481 e. The van der Waals surface area contributed by atoms with E-state index in [9.17, 15) is 9.90 Å². The molecule has 0 atom stereocenters. The standard InChI is InChI=1S/C8H8O2.C3H5O/c9-8(10)6-7-4-2-1-3-5-7;1-2-3-4/h1-5H,6H2,(H,9,10);2H,1,3H2. The molecule has 0 saturated heterocycles. The van der Waals surface area contributed by atoms with Crippen LogP contribution in [0.5, 0.6) is 0 Å². The van der Waals surface area contributed by atoms with Crippen LogP contribution in [-0.2, 0) is 16.3 Å². The number of aliphatic carboxylic acids is 1. The van der Waals surface area contributed by atoms with Gasteiger partial charge in [-0.3, -0.25) is 4.79 Å². The fourth-order valence-electron chi connectivity index (χ4n) is 0.770. The van der Waals surface area contributed by atoms with Crippen molar-refractivity contribution >= 4 is 5.97 Å². The smallest absolute Gasteiger partial charge is 0.307 e. The van der Waals surface area contributed by atoms with Crippen molar-refractivity contribution in [2.45, 2.75) is 6.42 Å². The van der Waals surface area contributed by atoms with Gasteiger partial charge < -0.3 is 5.11 Å². The van der Waals surface area contributed by atoms with Gasteiger partial charge in [0.25, 0.3) is 0 Å². The van der Waals surface area contributed by atoms with Crippen molar-refractivity contribution in [1.29, 1.82) is 0 Å². The van der Waals surface area contributed by atoms with Crippen LogP contribution in [0.1, 0.15) is 5.56 Å². The molecule has 1 aromatic rings. The maximum Gasteiger partial charge on any atom is 0.307 e. The second-order valence-electron chi connectivity index (χ2n) is 2.51. The molecule has 0 fully saturated rings. The van der Waals surface area contributed by atoms with Crippen LogP contribution in [-0.4, -0.2) is 17.7 Å². The normalized spacial score (nSPS) is 8.36. The van der Waals surface area contributed by atoms with E-state index in [0.717, 1.165) is 5.56 Å². The van der Waals surface area contributed by atoms with E-state index < -0.39 is 5.97 Å². The molecule has 3 heteroatoms. The highest BCUT2D eigenvalue weighted by Gasteiger charge is 1.96. The molecule has 3 nitrogen and oxygen atoms in total. The van der Waals surface area contributed by atoms with Crippen molar-refractivity contribution in [1.82, 2.24) is 0 Å². The lowest BCUT2D eigenvalue weighted by molar-refractivity contribution is -0.136. The molecule has 1 aromatic carbocycles. The van der Waals surface area contributed by atoms with Crippen molar-refractivity contribution in [3.05, 3.63) is 48.6 Å². The zero-order valence-electron chi connectivity index (χ0n) is 7.85. The quantitative estimate of drug-likeness (QED) is 0.745. The van der Waals surface area contributed by atoms with Crippen molar-refractivity contribution in [2.75, 3.05) is 6.61 Å². The fraction of sp³-hybridized carbons (Fsp3) is 0.182. The van der Waals surface area contributed by atoms with Gasteiger partial charge >= 0.3 is 5.97 Å². The van der Waals surface area contributed by atoms with Crippen LogP contribution >= 0.6 is 0 Å². The van der Waals surface area contributed by atoms with E-state index in [1.807, 2.05) is 18.2 Å². The van der Waals surface area contributed by atoms with Crippen molar-refractivity contribution in [2.24, 2.45) is 0 Å². The Hall–Kier alpha value is -1.61. The number of carbonyl (C=O) groups is 1. The molecule has 14 heavy (non-hydrogen) atoms. The van der Waals surface area contributed by atoms with Crippen LogP contribution in [0.2, 0.25) is 0 Å². The Bertz CT molecular complexity index is 267. The Morgan fingerprint density at radius 2 is 1.86 bits per heavy atom. The van der Waals surface area contributed by atoms with E-state index in [4.69, 9.17) is 5.11 Å². The summed E-state index contributed by atoms with van der Waals surface area (Å²) in [5.74, 6) is -0.786. The monoisotopic (exact) mass is 193 g/mol. The van der Waals surface area contributed by atoms with E-state index in [1.54, 1.807) is 12.1 Å². The highest BCUT2D eigenvalue weighted by molar-refractivity contribution is 5.70. The first-order valence-electron chi connectivity index (χ1n) is 4.15. The van der Waals surface area contributed by atoms with Gasteiger partial charge in [0.1, 0.15) is 6.61 Å². The van der Waals surface area contributed by atoms with Gasteiger partial charge in [0, 0.05) is 0 Å². The Labute approximate surface area is 83.3 Å². The molecule has 0 aliphatic heterocycles. The van der Waals surface area contributed by atoms with E-state index in [-0.39, 0.29) is 13.0 Å². The summed E-state index contributed by atoms with van der Waals surface area (Å²) in [4.78, 5) is 10.2. The summed E-state index contributed by atoms with van der Waals surface area (Å²) in [5, 5.41) is 17.5. The summed E-state index contributed by atoms with van der Waals surface area (Å²) >= 11 is 0. The molecule has 0 heterocycles. The first-order chi connectivity index (χ1) is 6.70. The van der Waals surface area contributed by atoms with Gasteiger partial charge in [-0.15, -0.1) is 6.58 Å². The van der Waals surface area contributed by atoms with Gasteiger partial charge in [-0.05, 0) is 5.56 Å². The summed E-state index contributed by atoms with van der Waals surface area (Å²) in [7, 11) is 0. The third kappa shape index (κ3) is 7.06. The second kappa shape index (κ2) is 8.01. The summed E-state index contributed by atoms with van der Waals surface area (Å²) in [6.07, 6.45) is 1.43. The molecule has 0 aromatic heterocycles. The van der Waals surface area contributed by atoms with Gasteiger partial charge in [-0.2, -0.15) is 0 Å². The van der Waals surface area contributed by atoms with Crippen molar-refractivity contribution in [3.8, 4) is 0 Å². The van der Waals surface area contributed by atoms with Gasteiger partial charge in [-0.1, -0.05) is 36.4 Å². The number of carboxylic acids is 1. The van der Waals surface area contributed by atoms with Crippen LogP contribution in [0, 0.1) is 0 Å². The molecule has 1 rings (SSSR count). The SMILES string of the molecule is C=CC[O].O=C(O)Cc1ccccc1. The van der Waals surface area contributed by atoms with E-state index in [1.165, 1.54) is 6.08 Å². The van der Waals surface area contributed by atoms with Crippen LogP contribution in [0.3, 0.4) is 0 Å². The van der Waals surface area contributed by atoms with Crippen molar-refractivity contribution < 1.29 is 15.0 Å². The number of hydrogen-bond donors (Lipinski definition) is 1. The lowest BCUT2D eigenvalue weighted by atomic mass is 10.2. The number of rotatable bonds is 3. The molecule has 0 unspecified atom stereocenters. The van der Waals surface area contributed by atoms with Gasteiger partial charge in [0.05, 0.1) is 6.42 Å². The lowest BCUT2D eigenvalue weighted by Gasteiger charge is -1.92. The molecule has 0 spiro atoms. The minimum atomic E-state index is -0.786. The number of carboxylic acid groups (broad SMARTS) is 1. The average molecular weight is 193 g/mol. The topological polar surface area (TPSA) is 57.2 Å². The van der Waals surface area contributed by atoms with Crippen LogP contribution < -0.4 is 0 Å². The Morgan fingerprint density at radius 3 is 2.21 bits per heavy atom. The molecule has 0 saturated carbocycles. The summed E-state index contributed by atoms with van der Waals surface area (Å²) in [6, 6.07) is 9.13. The second-order valence-corrected chi connectivity index (χ2v) is 2.51. The maximum atomic E-state index is 10.2. The van der Waals surface area contributed by atoms with E-state index in [2.05, 4.69) is 6.58 Å². The highest BCUT2D eigenvalue weighted by Crippen LogP contribution is 1.98. The number of hydrogen-bond acceptors (Lipinski definition) is 1. The minimum absolute atomic E-state index is 0.112. The molecule has 0 amide bonds. The molecule has 0 bridgehead atoms. The highest BCUT2D eigenvalue weighted by atomic mass is 16.4. The molecular formula is C11H13O3. The Balaban J connectivity index is 0.000000364. The Morgan fingerprint density at radius 1 is 1.36 bits per heavy atom. The van der Waals surface area contributed by atoms with Crippen LogP contribution in [0.25, 0.3) is 0 Å². The maximum absolute atomic E-state index is 10.2. The van der Waals surface area contributed by atoms with E-state index in [0.29, 0.717) is 0 Å². The van der Waals surface area contributed by atoms with Crippen LogP contribution in [0.15, 0.2) is 43.0 Å². The van der Waals surface area contributed by atoms with Crippen molar-refractivity contribution in [3.63, 3.8) is 0 Å². The molecule has 1 N–H and O–H groups in total. The van der Waals surface area contributed by atoms with Gasteiger partial charge in [0.2, 0.25) is 0 Å². The first kappa shape index (κ1) is 12.4. The molecule has 0 aliphatic rings. The predicted octanol–water partition coefficient (Wildman–Crippen LogP) is 1.92. The minimum Gasteiger partial charge on any atom is -0.481 e. The molecule has 0 aliphatic carbocycles. The average Bonchev–Trinajstić information content (AvgIpc) is 2.19. The predicted molar refractivity (Wildman–Crippen MR) is 53.5 cm³/mol. The fourth-order valence-corrected chi connectivity index (χ4v) is 0.770. The zero-order valence-corrected chi connectivity index (χ0v) is 7.85. The lowest BCUT2D eigenvalue weighted by Crippen LogP contribution is -1.98. The summed E-state index contributed by atoms with van der Waals surface area (Å²) in [6.45, 7) is 3.00. The van der Waals surface area contributed by atoms with Crippen LogP contribution in [0.4, 0.5) is 0 Å². The van der Waals surface area contributed by atoms with Gasteiger partial charge in [-0.25, -0.2) is 5.11 Å². The number of benzene rings is 1.